The first kappa shape index (κ1) is 14.2. The van der Waals surface area contributed by atoms with Gasteiger partial charge in [0.05, 0.1) is 24.7 Å². The van der Waals surface area contributed by atoms with Crippen molar-refractivity contribution in [2.24, 2.45) is 0 Å². The van der Waals surface area contributed by atoms with Gasteiger partial charge in [-0.2, -0.15) is 0 Å². The molecule has 98 valence electrons. The summed E-state index contributed by atoms with van der Waals surface area (Å²) >= 11 is 0. The fourth-order valence-corrected chi connectivity index (χ4v) is 1.30. The molecular weight excluding hydrogens is 236 g/mol. The summed E-state index contributed by atoms with van der Waals surface area (Å²) in [5, 5.41) is 9.46. The zero-order valence-corrected chi connectivity index (χ0v) is 10.2. The molecule has 0 fully saturated rings. The Balaban J connectivity index is 2.32. The van der Waals surface area contributed by atoms with E-state index >= 15 is 0 Å². The molecule has 5 heteroatoms. The number of hydrogen-bond donors (Lipinski definition) is 1. The van der Waals surface area contributed by atoms with Gasteiger partial charge in [0.15, 0.2) is 0 Å². The highest BCUT2D eigenvalue weighted by Crippen LogP contribution is 2.03. The minimum absolute atomic E-state index is 0.185. The third-order valence-corrected chi connectivity index (χ3v) is 2.12. The molecule has 0 heterocycles. The van der Waals surface area contributed by atoms with E-state index in [1.807, 2.05) is 0 Å². The molecular formula is C13H16O5. The lowest BCUT2D eigenvalue weighted by molar-refractivity contribution is -0.145. The molecule has 0 saturated carbocycles. The van der Waals surface area contributed by atoms with Gasteiger partial charge in [-0.25, -0.2) is 4.79 Å². The monoisotopic (exact) mass is 252 g/mol. The van der Waals surface area contributed by atoms with Crippen molar-refractivity contribution in [3.63, 3.8) is 0 Å². The summed E-state index contributed by atoms with van der Waals surface area (Å²) in [6.45, 7) is 1.71. The number of aliphatic hydroxyl groups is 1. The highest BCUT2D eigenvalue weighted by Gasteiger charge is 2.14. The van der Waals surface area contributed by atoms with Gasteiger partial charge in [-0.1, -0.05) is 18.2 Å². The third kappa shape index (κ3) is 4.97. The number of benzene rings is 1. The summed E-state index contributed by atoms with van der Waals surface area (Å²) in [7, 11) is 0. The second-order valence-electron chi connectivity index (χ2n) is 3.63. The number of aliphatic hydroxyl groups excluding tert-OH is 1. The second-order valence-corrected chi connectivity index (χ2v) is 3.63. The van der Waals surface area contributed by atoms with Gasteiger partial charge >= 0.3 is 11.9 Å². The Bertz CT molecular complexity index is 388. The van der Waals surface area contributed by atoms with Crippen molar-refractivity contribution in [2.75, 3.05) is 13.2 Å². The molecule has 0 aliphatic rings. The first-order valence-corrected chi connectivity index (χ1v) is 5.69. The SMILES string of the molecule is CCOC(=O)CC(O)COC(=O)c1ccccc1. The smallest absolute Gasteiger partial charge is 0.338 e. The molecule has 0 radical (unpaired) electrons. The predicted molar refractivity (Wildman–Crippen MR) is 64.0 cm³/mol. The number of carbonyl (C=O) groups is 2. The van der Waals surface area contributed by atoms with Crippen molar-refractivity contribution in [3.8, 4) is 0 Å². The average Bonchev–Trinajstić information content (AvgIpc) is 2.37. The molecule has 0 aliphatic carbocycles. The minimum Gasteiger partial charge on any atom is -0.466 e. The number of esters is 2. The zero-order chi connectivity index (χ0) is 13.4. The van der Waals surface area contributed by atoms with Crippen LogP contribution >= 0.6 is 0 Å². The van der Waals surface area contributed by atoms with E-state index in [2.05, 4.69) is 4.74 Å². The topological polar surface area (TPSA) is 72.8 Å². The van der Waals surface area contributed by atoms with Crippen LogP contribution in [0.15, 0.2) is 30.3 Å². The Hall–Kier alpha value is -1.88. The quantitative estimate of drug-likeness (QED) is 0.769. The Morgan fingerprint density at radius 2 is 1.89 bits per heavy atom. The van der Waals surface area contributed by atoms with Crippen LogP contribution in [0.2, 0.25) is 0 Å². The molecule has 0 spiro atoms. The zero-order valence-electron chi connectivity index (χ0n) is 10.2. The van der Waals surface area contributed by atoms with Gasteiger partial charge in [-0.15, -0.1) is 0 Å². The first-order valence-electron chi connectivity index (χ1n) is 5.69. The number of carbonyl (C=O) groups excluding carboxylic acids is 2. The molecule has 1 aromatic rings. The largest absolute Gasteiger partial charge is 0.466 e. The van der Waals surface area contributed by atoms with Gasteiger partial charge in [0.1, 0.15) is 6.61 Å². The summed E-state index contributed by atoms with van der Waals surface area (Å²) < 4.78 is 9.54. The van der Waals surface area contributed by atoms with Crippen molar-refractivity contribution in [1.82, 2.24) is 0 Å². The maximum absolute atomic E-state index is 11.5. The molecule has 0 aliphatic heterocycles. The van der Waals surface area contributed by atoms with E-state index in [1.165, 1.54) is 0 Å². The molecule has 0 aromatic heterocycles. The average molecular weight is 252 g/mol. The molecule has 1 aromatic carbocycles. The number of rotatable bonds is 6. The third-order valence-electron chi connectivity index (χ3n) is 2.12. The Morgan fingerprint density at radius 1 is 1.22 bits per heavy atom. The van der Waals surface area contributed by atoms with Gasteiger partial charge in [-0.3, -0.25) is 4.79 Å². The van der Waals surface area contributed by atoms with Gasteiger partial charge in [0.2, 0.25) is 0 Å². The lowest BCUT2D eigenvalue weighted by Gasteiger charge is -2.10. The summed E-state index contributed by atoms with van der Waals surface area (Å²) in [5.41, 5.74) is 0.404. The summed E-state index contributed by atoms with van der Waals surface area (Å²) in [6.07, 6.45) is -1.23. The van der Waals surface area contributed by atoms with Gasteiger partial charge in [0.25, 0.3) is 0 Å². The van der Waals surface area contributed by atoms with Crippen LogP contribution in [0.3, 0.4) is 0 Å². The maximum atomic E-state index is 11.5. The molecule has 1 atom stereocenters. The van der Waals surface area contributed by atoms with E-state index in [4.69, 9.17) is 4.74 Å². The van der Waals surface area contributed by atoms with Crippen LogP contribution in [0.4, 0.5) is 0 Å². The summed E-state index contributed by atoms with van der Waals surface area (Å²) in [4.78, 5) is 22.6. The lowest BCUT2D eigenvalue weighted by atomic mass is 10.2. The molecule has 1 N–H and O–H groups in total. The predicted octanol–water partition coefficient (Wildman–Crippen LogP) is 1.16. The van der Waals surface area contributed by atoms with Crippen LogP contribution in [0.1, 0.15) is 23.7 Å². The van der Waals surface area contributed by atoms with Crippen molar-refractivity contribution in [1.29, 1.82) is 0 Å². The van der Waals surface area contributed by atoms with Crippen molar-refractivity contribution in [3.05, 3.63) is 35.9 Å². The molecule has 18 heavy (non-hydrogen) atoms. The van der Waals surface area contributed by atoms with Crippen LogP contribution in [0, 0.1) is 0 Å². The minimum atomic E-state index is -1.04. The molecule has 5 nitrogen and oxygen atoms in total. The van der Waals surface area contributed by atoms with E-state index in [9.17, 15) is 14.7 Å². The summed E-state index contributed by atoms with van der Waals surface area (Å²) in [5.74, 6) is -1.04. The van der Waals surface area contributed by atoms with Crippen LogP contribution in [0.25, 0.3) is 0 Å². The van der Waals surface area contributed by atoms with Crippen LogP contribution < -0.4 is 0 Å². The fourth-order valence-electron chi connectivity index (χ4n) is 1.30. The van der Waals surface area contributed by atoms with Crippen LogP contribution in [0.5, 0.6) is 0 Å². The molecule has 1 unspecified atom stereocenters. The molecule has 1 rings (SSSR count). The normalized spacial score (nSPS) is 11.7. The maximum Gasteiger partial charge on any atom is 0.338 e. The van der Waals surface area contributed by atoms with Crippen molar-refractivity contribution < 1.29 is 24.2 Å². The Kier molecular flexibility index (Phi) is 5.87. The lowest BCUT2D eigenvalue weighted by Crippen LogP contribution is -2.23. The molecule has 0 bridgehead atoms. The molecule has 0 amide bonds. The van der Waals surface area contributed by atoms with Crippen molar-refractivity contribution in [2.45, 2.75) is 19.4 Å². The number of ether oxygens (including phenoxy) is 2. The van der Waals surface area contributed by atoms with Crippen LogP contribution in [-0.2, 0) is 14.3 Å². The highest BCUT2D eigenvalue weighted by atomic mass is 16.5. The van der Waals surface area contributed by atoms with Crippen molar-refractivity contribution >= 4 is 11.9 Å². The van der Waals surface area contributed by atoms with E-state index in [-0.39, 0.29) is 19.6 Å². The van der Waals surface area contributed by atoms with E-state index in [0.29, 0.717) is 5.56 Å². The van der Waals surface area contributed by atoms with E-state index in [0.717, 1.165) is 0 Å². The van der Waals surface area contributed by atoms with Gasteiger partial charge < -0.3 is 14.6 Å². The van der Waals surface area contributed by atoms with Gasteiger partial charge in [0, 0.05) is 0 Å². The summed E-state index contributed by atoms with van der Waals surface area (Å²) in [6, 6.07) is 8.43. The second kappa shape index (κ2) is 7.45. The van der Waals surface area contributed by atoms with E-state index in [1.54, 1.807) is 37.3 Å². The van der Waals surface area contributed by atoms with Crippen LogP contribution in [-0.4, -0.2) is 36.4 Å². The first-order chi connectivity index (χ1) is 8.63. The molecule has 0 saturated heterocycles. The standard InChI is InChI=1S/C13H16O5/c1-2-17-12(15)8-11(14)9-18-13(16)10-6-4-3-5-7-10/h3-7,11,14H,2,8-9H2,1H3. The highest BCUT2D eigenvalue weighted by molar-refractivity contribution is 5.89. The van der Waals surface area contributed by atoms with Gasteiger partial charge in [-0.05, 0) is 19.1 Å². The Labute approximate surface area is 105 Å². The fraction of sp³-hybridized carbons (Fsp3) is 0.385. The van der Waals surface area contributed by atoms with E-state index < -0.39 is 18.0 Å². The Morgan fingerprint density at radius 3 is 2.50 bits per heavy atom. The number of hydrogen-bond acceptors (Lipinski definition) is 5.